The van der Waals surface area contributed by atoms with Gasteiger partial charge in [-0.2, -0.15) is 8.42 Å². The van der Waals surface area contributed by atoms with Crippen molar-refractivity contribution in [1.29, 1.82) is 0 Å². The van der Waals surface area contributed by atoms with E-state index in [0.717, 1.165) is 64.2 Å². The van der Waals surface area contributed by atoms with E-state index >= 15 is 0 Å². The molecule has 1 fully saturated rings. The molecular weight excluding hydrogens is 765 g/mol. The van der Waals surface area contributed by atoms with Gasteiger partial charge in [0.05, 0.1) is 6.61 Å². The summed E-state index contributed by atoms with van der Waals surface area (Å²) in [6.07, 6.45) is 30.4. The fraction of sp³-hybridized carbons (Fsp3) is 0.822. The normalized spacial score (nSPS) is 20.7. The summed E-state index contributed by atoms with van der Waals surface area (Å²) in [4.78, 5) is 25.4. The molecule has 1 heterocycles. The predicted octanol–water partition coefficient (Wildman–Crippen LogP) is 9.00. The van der Waals surface area contributed by atoms with Gasteiger partial charge in [-0.15, -0.1) is 0 Å². The van der Waals surface area contributed by atoms with Crippen LogP contribution in [0.4, 0.5) is 0 Å². The lowest BCUT2D eigenvalue weighted by atomic mass is 10.00. The Morgan fingerprint density at radius 1 is 0.586 bits per heavy atom. The van der Waals surface area contributed by atoms with Gasteiger partial charge in [0.2, 0.25) is 0 Å². The van der Waals surface area contributed by atoms with E-state index in [1.807, 2.05) is 0 Å². The van der Waals surface area contributed by atoms with Crippen molar-refractivity contribution >= 4 is 22.1 Å². The smallest absolute Gasteiger partial charge is 0.306 e. The lowest BCUT2D eigenvalue weighted by Crippen LogP contribution is -2.60. The van der Waals surface area contributed by atoms with Crippen molar-refractivity contribution in [3.63, 3.8) is 0 Å². The van der Waals surface area contributed by atoms with Crippen LogP contribution in [-0.4, -0.2) is 96.0 Å². The van der Waals surface area contributed by atoms with Crippen molar-refractivity contribution in [2.75, 3.05) is 19.0 Å². The highest BCUT2D eigenvalue weighted by atomic mass is 32.2. The largest absolute Gasteiger partial charge is 0.462 e. The van der Waals surface area contributed by atoms with Gasteiger partial charge in [0.15, 0.2) is 12.4 Å². The number of hydrogen-bond acceptors (Lipinski definition) is 11. The Morgan fingerprint density at radius 2 is 1.05 bits per heavy atom. The second kappa shape index (κ2) is 35.6. The monoisotopic (exact) mass is 845 g/mol. The van der Waals surface area contributed by atoms with E-state index in [-0.39, 0.29) is 19.4 Å². The average Bonchev–Trinajstić information content (AvgIpc) is 3.18. The molecule has 0 saturated carbocycles. The van der Waals surface area contributed by atoms with Crippen LogP contribution in [0.1, 0.15) is 181 Å². The van der Waals surface area contributed by atoms with Crippen molar-refractivity contribution < 1.29 is 56.8 Å². The van der Waals surface area contributed by atoms with Crippen LogP contribution in [0.3, 0.4) is 0 Å². The van der Waals surface area contributed by atoms with Crippen molar-refractivity contribution in [3.8, 4) is 0 Å². The van der Waals surface area contributed by atoms with Crippen molar-refractivity contribution in [3.05, 3.63) is 36.5 Å². The van der Waals surface area contributed by atoms with E-state index in [9.17, 15) is 37.9 Å². The molecule has 338 valence electrons. The second-order valence-corrected chi connectivity index (χ2v) is 17.2. The molecule has 0 aliphatic carbocycles. The molecule has 1 rings (SSSR count). The summed E-state index contributed by atoms with van der Waals surface area (Å²) < 4.78 is 54.0. The molecule has 58 heavy (non-hydrogen) atoms. The maximum absolute atomic E-state index is 12.8. The Morgan fingerprint density at radius 3 is 1.59 bits per heavy atom. The molecule has 13 heteroatoms. The van der Waals surface area contributed by atoms with Crippen LogP contribution >= 0.6 is 0 Å². The van der Waals surface area contributed by atoms with Gasteiger partial charge in [-0.3, -0.25) is 14.1 Å². The van der Waals surface area contributed by atoms with E-state index in [1.54, 1.807) is 0 Å². The molecule has 0 aromatic rings. The molecule has 4 N–H and O–H groups in total. The highest BCUT2D eigenvalue weighted by Crippen LogP contribution is 2.24. The van der Waals surface area contributed by atoms with Crippen LogP contribution < -0.4 is 0 Å². The molecule has 0 amide bonds. The molecule has 1 saturated heterocycles. The van der Waals surface area contributed by atoms with Gasteiger partial charge in [0.25, 0.3) is 10.1 Å². The molecule has 0 aromatic carbocycles. The SMILES string of the molecule is CCCC/C=C/CCCCCCCCCCCC(=O)OC[C@H](CO[C@H]1O[C@H](CS(=O)(=O)O)[C@@H](O)C(O)C1O)OC(=O)CCCCCCC/C=C/C/C=C/CCCCC. The summed E-state index contributed by atoms with van der Waals surface area (Å²) in [6, 6.07) is 0. The summed E-state index contributed by atoms with van der Waals surface area (Å²) in [5.74, 6) is -2.00. The van der Waals surface area contributed by atoms with Gasteiger partial charge in [-0.05, 0) is 64.2 Å². The molecule has 0 spiro atoms. The number of carbonyl (C=O) groups excluding carboxylic acids is 2. The van der Waals surface area contributed by atoms with E-state index in [4.69, 9.17) is 18.9 Å². The van der Waals surface area contributed by atoms with Crippen LogP contribution in [0.15, 0.2) is 36.5 Å². The number of allylic oxidation sites excluding steroid dienone is 6. The van der Waals surface area contributed by atoms with E-state index < -0.39 is 71.2 Å². The minimum absolute atomic E-state index is 0.148. The minimum atomic E-state index is -4.60. The first-order valence-electron chi connectivity index (χ1n) is 22.5. The summed E-state index contributed by atoms with van der Waals surface area (Å²) in [5.41, 5.74) is 0. The summed E-state index contributed by atoms with van der Waals surface area (Å²) in [5, 5.41) is 30.9. The van der Waals surface area contributed by atoms with Crippen molar-refractivity contribution in [2.45, 2.75) is 218 Å². The van der Waals surface area contributed by atoms with Gasteiger partial charge in [-0.25, -0.2) is 0 Å². The second-order valence-electron chi connectivity index (χ2n) is 15.7. The molecule has 0 bridgehead atoms. The number of rotatable bonds is 37. The average molecular weight is 845 g/mol. The predicted molar refractivity (Wildman–Crippen MR) is 229 cm³/mol. The van der Waals surface area contributed by atoms with Crippen molar-refractivity contribution in [1.82, 2.24) is 0 Å². The number of carbonyl (C=O) groups is 2. The molecule has 6 atom stereocenters. The summed E-state index contributed by atoms with van der Waals surface area (Å²) >= 11 is 0. The lowest BCUT2D eigenvalue weighted by molar-refractivity contribution is -0.297. The first kappa shape index (κ1) is 53.9. The lowest BCUT2D eigenvalue weighted by Gasteiger charge is -2.40. The zero-order chi connectivity index (χ0) is 42.7. The Kier molecular flexibility index (Phi) is 33.1. The van der Waals surface area contributed by atoms with Gasteiger partial charge in [-0.1, -0.05) is 140 Å². The molecule has 0 radical (unpaired) electrons. The minimum Gasteiger partial charge on any atom is -0.462 e. The number of esters is 2. The van der Waals surface area contributed by atoms with E-state index in [1.165, 1.54) is 77.0 Å². The fourth-order valence-corrected chi connectivity index (χ4v) is 7.32. The van der Waals surface area contributed by atoms with Crippen molar-refractivity contribution in [2.24, 2.45) is 0 Å². The van der Waals surface area contributed by atoms with Gasteiger partial charge >= 0.3 is 11.9 Å². The van der Waals surface area contributed by atoms with Crippen LogP contribution in [0.25, 0.3) is 0 Å². The van der Waals surface area contributed by atoms with E-state index in [0.29, 0.717) is 12.8 Å². The number of aliphatic hydroxyl groups is 3. The maximum atomic E-state index is 12.8. The first-order chi connectivity index (χ1) is 28.0. The maximum Gasteiger partial charge on any atom is 0.306 e. The molecule has 2 unspecified atom stereocenters. The number of unbranched alkanes of at least 4 members (excludes halogenated alkanes) is 19. The molecule has 0 aromatic heterocycles. The van der Waals surface area contributed by atoms with Gasteiger partial charge < -0.3 is 34.3 Å². The van der Waals surface area contributed by atoms with Gasteiger partial charge in [0, 0.05) is 12.8 Å². The van der Waals surface area contributed by atoms with E-state index in [2.05, 4.69) is 50.3 Å². The zero-order valence-electron chi connectivity index (χ0n) is 35.9. The zero-order valence-corrected chi connectivity index (χ0v) is 36.7. The van der Waals surface area contributed by atoms with Crippen LogP contribution in [0.5, 0.6) is 0 Å². The molecule has 1 aliphatic rings. The third-order valence-corrected chi connectivity index (χ3v) is 10.9. The number of hydrogen-bond donors (Lipinski definition) is 4. The van der Waals surface area contributed by atoms with Gasteiger partial charge in [0.1, 0.15) is 36.8 Å². The van der Waals surface area contributed by atoms with Crippen LogP contribution in [-0.2, 0) is 38.7 Å². The molecule has 1 aliphatic heterocycles. The Bertz CT molecular complexity index is 1220. The van der Waals surface area contributed by atoms with Crippen LogP contribution in [0, 0.1) is 0 Å². The quantitative estimate of drug-likeness (QED) is 0.0202. The Hall–Kier alpha value is -2.13. The third kappa shape index (κ3) is 30.0. The number of ether oxygens (including phenoxy) is 4. The standard InChI is InChI=1S/C45H80O12S/c1-3-5-7-9-11-13-15-17-19-21-23-25-27-29-31-33-40(46)54-35-38(36-55-45-44(50)43(49)42(48)39(57-45)37-58(51,52)53)56-41(47)34-32-30-28-26-24-22-20-18-16-14-12-10-8-6-4-2/h9,11-12,14,18,20,38-39,42-45,48-50H,3-8,10,13,15-17,19,21-37H2,1-2H3,(H,51,52,53)/b11-9+,14-12+,20-18+/t38-,39-,42-,43?,44?,45+/m1/s1. The summed E-state index contributed by atoms with van der Waals surface area (Å²) in [6.45, 7) is 3.69. The van der Waals surface area contributed by atoms with Crippen LogP contribution in [0.2, 0.25) is 0 Å². The highest BCUT2D eigenvalue weighted by Gasteiger charge is 2.46. The first-order valence-corrected chi connectivity index (χ1v) is 24.2. The number of aliphatic hydroxyl groups excluding tert-OH is 3. The molecule has 12 nitrogen and oxygen atoms in total. The Balaban J connectivity index is 2.46. The third-order valence-electron chi connectivity index (χ3n) is 10.2. The fourth-order valence-electron chi connectivity index (χ4n) is 6.63. The summed E-state index contributed by atoms with van der Waals surface area (Å²) in [7, 11) is -4.60. The Labute approximate surface area is 351 Å². The topological polar surface area (TPSA) is 186 Å². The highest BCUT2D eigenvalue weighted by molar-refractivity contribution is 7.85. The molecular formula is C45H80O12S.